The zero-order chi connectivity index (χ0) is 16.9. The number of carbonyl (C=O) groups excluding carboxylic acids is 1. The monoisotopic (exact) mass is 322 g/mol. The molecule has 2 rings (SSSR count). The highest BCUT2D eigenvalue weighted by Gasteiger charge is 2.43. The Morgan fingerprint density at radius 2 is 2.09 bits per heavy atom. The van der Waals surface area contributed by atoms with E-state index < -0.39 is 11.7 Å². The topological polar surface area (TPSA) is 84.2 Å². The van der Waals surface area contributed by atoms with Crippen molar-refractivity contribution in [1.29, 1.82) is 0 Å². The molecule has 1 amide bonds. The number of hydrogen-bond donors (Lipinski definition) is 3. The molecule has 0 radical (unpaired) electrons. The van der Waals surface area contributed by atoms with Crippen molar-refractivity contribution in [1.82, 2.24) is 9.80 Å². The van der Waals surface area contributed by atoms with Crippen LogP contribution in [0, 0.1) is 0 Å². The summed E-state index contributed by atoms with van der Waals surface area (Å²) in [6.07, 6.45) is -0.229. The Labute approximate surface area is 137 Å². The van der Waals surface area contributed by atoms with Gasteiger partial charge in [0.05, 0.1) is 25.7 Å². The fourth-order valence-corrected chi connectivity index (χ4v) is 3.03. The van der Waals surface area contributed by atoms with Crippen LogP contribution in [0.25, 0.3) is 0 Å². The summed E-state index contributed by atoms with van der Waals surface area (Å²) in [5.41, 5.74) is -0.432. The van der Waals surface area contributed by atoms with E-state index in [4.69, 9.17) is 5.11 Å². The molecule has 0 aliphatic carbocycles. The molecule has 1 fully saturated rings. The Hall–Kier alpha value is -1.47. The van der Waals surface area contributed by atoms with Gasteiger partial charge in [-0.1, -0.05) is 30.3 Å². The lowest BCUT2D eigenvalue weighted by Gasteiger charge is -2.44. The Balaban J connectivity index is 1.99. The average Bonchev–Trinajstić information content (AvgIpc) is 2.51. The average molecular weight is 322 g/mol. The van der Waals surface area contributed by atoms with Crippen molar-refractivity contribution >= 4 is 5.91 Å². The van der Waals surface area contributed by atoms with Gasteiger partial charge in [-0.3, -0.25) is 4.79 Å². The first-order valence-electron chi connectivity index (χ1n) is 7.96. The lowest BCUT2D eigenvalue weighted by Crippen LogP contribution is -2.62. The number of aliphatic hydroxyl groups is 3. The van der Waals surface area contributed by atoms with E-state index in [1.54, 1.807) is 16.8 Å². The van der Waals surface area contributed by atoms with Crippen molar-refractivity contribution in [3.8, 4) is 0 Å². The van der Waals surface area contributed by atoms with Gasteiger partial charge in [0, 0.05) is 19.6 Å². The van der Waals surface area contributed by atoms with E-state index in [2.05, 4.69) is 0 Å². The number of likely N-dealkylation sites (tertiary alicyclic amines) is 1. The molecule has 6 heteroatoms. The lowest BCUT2D eigenvalue weighted by atomic mass is 9.88. The Morgan fingerprint density at radius 3 is 2.74 bits per heavy atom. The van der Waals surface area contributed by atoms with Crippen molar-refractivity contribution in [3.63, 3.8) is 0 Å². The molecule has 0 spiro atoms. The molecule has 1 saturated heterocycles. The van der Waals surface area contributed by atoms with Crippen molar-refractivity contribution in [2.24, 2.45) is 0 Å². The minimum Gasteiger partial charge on any atom is -0.395 e. The molecule has 1 heterocycles. The predicted molar refractivity (Wildman–Crippen MR) is 86.9 cm³/mol. The second-order valence-electron chi connectivity index (χ2n) is 6.35. The standard InChI is InChI=1S/C17H26N2O4/c1-18(9-10-20)12-17(23)13-19(8-7-15(17)21)16(22)11-14-5-3-2-4-6-14/h2-6,15,20-21,23H,7-13H2,1H3/t15-,17+/m1/s1. The lowest BCUT2D eigenvalue weighted by molar-refractivity contribution is -0.155. The van der Waals surface area contributed by atoms with Crippen LogP contribution in [-0.4, -0.2) is 82.6 Å². The van der Waals surface area contributed by atoms with Gasteiger partial charge >= 0.3 is 0 Å². The van der Waals surface area contributed by atoms with E-state index in [0.717, 1.165) is 5.56 Å². The molecule has 3 N–H and O–H groups in total. The number of aliphatic hydroxyl groups excluding tert-OH is 2. The summed E-state index contributed by atoms with van der Waals surface area (Å²) < 4.78 is 0. The number of benzene rings is 1. The van der Waals surface area contributed by atoms with E-state index >= 15 is 0 Å². The van der Waals surface area contributed by atoms with E-state index in [1.807, 2.05) is 30.3 Å². The van der Waals surface area contributed by atoms with Gasteiger partial charge in [0.25, 0.3) is 0 Å². The quantitative estimate of drug-likeness (QED) is 0.656. The van der Waals surface area contributed by atoms with Crippen LogP contribution >= 0.6 is 0 Å². The normalized spacial score (nSPS) is 24.9. The maximum Gasteiger partial charge on any atom is 0.227 e. The number of carbonyl (C=O) groups is 1. The third kappa shape index (κ3) is 4.75. The maximum atomic E-state index is 12.5. The number of piperidine rings is 1. The van der Waals surface area contributed by atoms with E-state index in [9.17, 15) is 15.0 Å². The van der Waals surface area contributed by atoms with Crippen molar-refractivity contribution in [2.45, 2.75) is 24.5 Å². The molecular formula is C17H26N2O4. The highest BCUT2D eigenvalue weighted by molar-refractivity contribution is 5.79. The van der Waals surface area contributed by atoms with Gasteiger partial charge in [-0.2, -0.15) is 0 Å². The van der Waals surface area contributed by atoms with Crippen LogP contribution in [0.5, 0.6) is 0 Å². The van der Waals surface area contributed by atoms with Crippen LogP contribution in [-0.2, 0) is 11.2 Å². The van der Waals surface area contributed by atoms with Crippen LogP contribution in [0.1, 0.15) is 12.0 Å². The van der Waals surface area contributed by atoms with E-state index in [1.165, 1.54) is 0 Å². The van der Waals surface area contributed by atoms with Gasteiger partial charge < -0.3 is 25.1 Å². The van der Waals surface area contributed by atoms with E-state index in [-0.39, 0.29) is 25.6 Å². The van der Waals surface area contributed by atoms with Gasteiger partial charge in [-0.25, -0.2) is 0 Å². The number of rotatable bonds is 6. The first kappa shape index (κ1) is 17.9. The number of amides is 1. The summed E-state index contributed by atoms with van der Waals surface area (Å²) in [5, 5.41) is 29.9. The fraction of sp³-hybridized carbons (Fsp3) is 0.588. The minimum absolute atomic E-state index is 0.0146. The molecule has 0 aromatic heterocycles. The summed E-state index contributed by atoms with van der Waals surface area (Å²) in [6, 6.07) is 9.49. The largest absolute Gasteiger partial charge is 0.395 e. The van der Waals surface area contributed by atoms with Gasteiger partial charge in [0.15, 0.2) is 0 Å². The van der Waals surface area contributed by atoms with E-state index in [0.29, 0.717) is 25.9 Å². The number of hydrogen-bond acceptors (Lipinski definition) is 5. The Bertz CT molecular complexity index is 511. The molecule has 128 valence electrons. The third-order valence-corrected chi connectivity index (χ3v) is 4.33. The highest BCUT2D eigenvalue weighted by Crippen LogP contribution is 2.23. The van der Waals surface area contributed by atoms with Crippen molar-refractivity contribution < 1.29 is 20.1 Å². The molecule has 1 aromatic carbocycles. The molecule has 1 aliphatic heterocycles. The molecule has 0 bridgehead atoms. The molecule has 1 aliphatic rings. The zero-order valence-corrected chi connectivity index (χ0v) is 13.6. The second kappa shape index (κ2) is 7.88. The van der Waals surface area contributed by atoms with Gasteiger partial charge in [0.1, 0.15) is 5.60 Å². The summed E-state index contributed by atoms with van der Waals surface area (Å²) >= 11 is 0. The number of nitrogens with zero attached hydrogens (tertiary/aromatic N) is 2. The van der Waals surface area contributed by atoms with Gasteiger partial charge in [-0.15, -0.1) is 0 Å². The Kier molecular flexibility index (Phi) is 6.12. The SMILES string of the molecule is CN(CCO)C[C@]1(O)CN(C(=O)Cc2ccccc2)CC[C@H]1O. The molecule has 0 saturated carbocycles. The minimum atomic E-state index is -1.37. The predicted octanol–water partition coefficient (Wildman–Crippen LogP) is -0.522. The van der Waals surface area contributed by atoms with Crippen LogP contribution in [0.3, 0.4) is 0 Å². The summed E-state index contributed by atoms with van der Waals surface area (Å²) in [7, 11) is 1.77. The summed E-state index contributed by atoms with van der Waals surface area (Å²) in [6.45, 7) is 1.16. The smallest absolute Gasteiger partial charge is 0.227 e. The molecule has 23 heavy (non-hydrogen) atoms. The molecule has 6 nitrogen and oxygen atoms in total. The number of likely N-dealkylation sites (N-methyl/N-ethyl adjacent to an activating group) is 1. The van der Waals surface area contributed by atoms with Crippen LogP contribution < -0.4 is 0 Å². The first-order valence-corrected chi connectivity index (χ1v) is 7.96. The molecular weight excluding hydrogens is 296 g/mol. The van der Waals surface area contributed by atoms with Gasteiger partial charge in [0.2, 0.25) is 5.91 Å². The van der Waals surface area contributed by atoms with Crippen LogP contribution in [0.15, 0.2) is 30.3 Å². The van der Waals surface area contributed by atoms with Crippen molar-refractivity contribution in [3.05, 3.63) is 35.9 Å². The molecule has 0 unspecified atom stereocenters. The highest BCUT2D eigenvalue weighted by atomic mass is 16.3. The summed E-state index contributed by atoms with van der Waals surface area (Å²) in [5.74, 6) is -0.0497. The Morgan fingerprint density at radius 1 is 1.39 bits per heavy atom. The maximum absolute atomic E-state index is 12.5. The third-order valence-electron chi connectivity index (χ3n) is 4.33. The molecule has 2 atom stereocenters. The second-order valence-corrected chi connectivity index (χ2v) is 6.35. The molecule has 1 aromatic rings. The summed E-state index contributed by atoms with van der Waals surface area (Å²) in [4.78, 5) is 15.8. The first-order chi connectivity index (χ1) is 10.9. The zero-order valence-electron chi connectivity index (χ0n) is 13.6. The fourth-order valence-electron chi connectivity index (χ4n) is 3.03. The number of β-amino-alcohol motifs (C(OH)–C–C–N with tert-alkyl or cyclic N) is 1. The van der Waals surface area contributed by atoms with Crippen LogP contribution in [0.2, 0.25) is 0 Å². The van der Waals surface area contributed by atoms with Crippen molar-refractivity contribution in [2.75, 3.05) is 39.8 Å². The van der Waals surface area contributed by atoms with Gasteiger partial charge in [-0.05, 0) is 19.0 Å². The van der Waals surface area contributed by atoms with Crippen LogP contribution in [0.4, 0.5) is 0 Å².